The van der Waals surface area contributed by atoms with Crippen LogP contribution in [0.3, 0.4) is 0 Å². The summed E-state index contributed by atoms with van der Waals surface area (Å²) in [6.07, 6.45) is -0.189. The Balaban J connectivity index is 2.09. The first kappa shape index (κ1) is 33.3. The van der Waals surface area contributed by atoms with Crippen molar-refractivity contribution in [2.75, 3.05) is 0 Å². The maximum atomic E-state index is 13.0. The molecular formula is C33H40O10. The second kappa shape index (κ2) is 14.8. The maximum Gasteiger partial charge on any atom is 0.338 e. The number of hydrogen-bond acceptors (Lipinski definition) is 10. The second-order valence-electron chi connectivity index (χ2n) is 11.0. The van der Waals surface area contributed by atoms with Gasteiger partial charge in [0.25, 0.3) is 0 Å². The molecule has 0 spiro atoms. The zero-order valence-corrected chi connectivity index (χ0v) is 25.4. The van der Waals surface area contributed by atoms with E-state index in [1.165, 1.54) is 27.0 Å². The lowest BCUT2D eigenvalue weighted by Gasteiger charge is -2.42. The molecule has 232 valence electrons. The highest BCUT2D eigenvalue weighted by Crippen LogP contribution is 2.44. The summed E-state index contributed by atoms with van der Waals surface area (Å²) < 4.78 is 28.5. The van der Waals surface area contributed by atoms with E-state index in [4.69, 9.17) is 23.7 Å². The van der Waals surface area contributed by atoms with Crippen LogP contribution in [-0.2, 0) is 38.1 Å². The Hall–Kier alpha value is -4.18. The number of fused-ring (bicyclic) bond motifs is 1. The number of carbonyl (C=O) groups is 4. The number of ether oxygens (including phenoxy) is 5. The minimum Gasteiger partial charge on any atom is -0.462 e. The van der Waals surface area contributed by atoms with Gasteiger partial charge in [-0.05, 0) is 63.5 Å². The van der Waals surface area contributed by atoms with Gasteiger partial charge in [0.1, 0.15) is 6.10 Å². The molecule has 2 aliphatic rings. The molecule has 10 nitrogen and oxygen atoms in total. The SMILES string of the molecule is C=C1[C@@H]2[C@H](OC(C)=O)OC=C([C@H](OC(C)=O)[C@@H](C=C(C)C)OC(C)=O)[C@H]2CC/C(C)=C/[C@@H](OC(=O)c2ccccc2)[C@H]1O. The van der Waals surface area contributed by atoms with Gasteiger partial charge in [-0.25, -0.2) is 4.79 Å². The van der Waals surface area contributed by atoms with E-state index < -0.39 is 66.4 Å². The average molecular weight is 597 g/mol. The molecule has 1 aliphatic carbocycles. The van der Waals surface area contributed by atoms with Gasteiger partial charge in [0, 0.05) is 32.3 Å². The van der Waals surface area contributed by atoms with Crippen LogP contribution >= 0.6 is 0 Å². The quantitative estimate of drug-likeness (QED) is 0.255. The molecule has 3 rings (SSSR count). The largest absolute Gasteiger partial charge is 0.462 e. The lowest BCUT2D eigenvalue weighted by molar-refractivity contribution is -0.184. The van der Waals surface area contributed by atoms with Crippen molar-refractivity contribution in [3.63, 3.8) is 0 Å². The molecule has 7 atom stereocenters. The molecule has 1 aliphatic heterocycles. The van der Waals surface area contributed by atoms with Crippen LogP contribution in [0.4, 0.5) is 0 Å². The summed E-state index contributed by atoms with van der Waals surface area (Å²) in [5, 5.41) is 11.6. The van der Waals surface area contributed by atoms with E-state index >= 15 is 0 Å². The van der Waals surface area contributed by atoms with E-state index in [-0.39, 0.29) is 5.57 Å². The number of aliphatic hydroxyl groups excluding tert-OH is 1. The predicted octanol–water partition coefficient (Wildman–Crippen LogP) is 4.73. The van der Waals surface area contributed by atoms with Gasteiger partial charge >= 0.3 is 23.9 Å². The molecule has 1 aromatic rings. The van der Waals surface area contributed by atoms with Crippen molar-refractivity contribution in [3.8, 4) is 0 Å². The molecule has 0 fully saturated rings. The molecule has 10 heteroatoms. The lowest BCUT2D eigenvalue weighted by Crippen LogP contribution is -2.47. The van der Waals surface area contributed by atoms with Crippen molar-refractivity contribution in [3.05, 3.63) is 83.2 Å². The van der Waals surface area contributed by atoms with E-state index in [0.717, 1.165) is 11.1 Å². The number of carbonyl (C=O) groups excluding carboxylic acids is 4. The van der Waals surface area contributed by atoms with Gasteiger partial charge in [0.15, 0.2) is 18.3 Å². The summed E-state index contributed by atoms with van der Waals surface area (Å²) in [5.41, 5.74) is 2.58. The summed E-state index contributed by atoms with van der Waals surface area (Å²) >= 11 is 0. The molecule has 0 unspecified atom stereocenters. The van der Waals surface area contributed by atoms with Gasteiger partial charge in [-0.2, -0.15) is 0 Å². The minimum atomic E-state index is -1.41. The van der Waals surface area contributed by atoms with Crippen LogP contribution in [0.2, 0.25) is 0 Å². The third-order valence-electron chi connectivity index (χ3n) is 7.17. The topological polar surface area (TPSA) is 135 Å². The molecular weight excluding hydrogens is 556 g/mol. The van der Waals surface area contributed by atoms with Crippen LogP contribution in [0.1, 0.15) is 64.7 Å². The molecule has 0 bridgehead atoms. The molecule has 0 radical (unpaired) electrons. The number of esters is 4. The molecule has 1 N–H and O–H groups in total. The van der Waals surface area contributed by atoms with Crippen LogP contribution in [0.15, 0.2) is 77.6 Å². The third-order valence-corrected chi connectivity index (χ3v) is 7.17. The first-order valence-corrected chi connectivity index (χ1v) is 14.1. The fraction of sp³-hybridized carbons (Fsp3) is 0.455. The first-order chi connectivity index (χ1) is 20.3. The highest BCUT2D eigenvalue weighted by Gasteiger charge is 2.48. The van der Waals surface area contributed by atoms with E-state index in [9.17, 15) is 24.3 Å². The Bertz CT molecular complexity index is 1300. The molecule has 0 amide bonds. The summed E-state index contributed by atoms with van der Waals surface area (Å²) in [6, 6.07) is 8.39. The highest BCUT2D eigenvalue weighted by molar-refractivity contribution is 5.89. The lowest BCUT2D eigenvalue weighted by atomic mass is 9.73. The Morgan fingerprint density at radius 1 is 0.977 bits per heavy atom. The van der Waals surface area contributed by atoms with Crippen LogP contribution < -0.4 is 0 Å². The molecule has 1 heterocycles. The minimum absolute atomic E-state index is 0.187. The normalized spacial score (nSPS) is 26.1. The monoisotopic (exact) mass is 596 g/mol. The Morgan fingerprint density at radius 2 is 1.63 bits per heavy atom. The van der Waals surface area contributed by atoms with Crippen LogP contribution in [0.25, 0.3) is 0 Å². The highest BCUT2D eigenvalue weighted by atomic mass is 16.7. The van der Waals surface area contributed by atoms with Gasteiger partial charge in [0.2, 0.25) is 6.29 Å². The first-order valence-electron chi connectivity index (χ1n) is 14.1. The van der Waals surface area contributed by atoms with E-state index in [0.29, 0.717) is 24.0 Å². The number of allylic oxidation sites excluding steroid dienone is 2. The Morgan fingerprint density at radius 3 is 2.21 bits per heavy atom. The van der Waals surface area contributed by atoms with E-state index in [1.54, 1.807) is 42.5 Å². The number of hydrogen-bond donors (Lipinski definition) is 1. The van der Waals surface area contributed by atoms with E-state index in [1.807, 2.05) is 20.8 Å². The summed E-state index contributed by atoms with van der Waals surface area (Å²) in [7, 11) is 0. The van der Waals surface area contributed by atoms with Crippen molar-refractivity contribution in [1.82, 2.24) is 0 Å². The smallest absolute Gasteiger partial charge is 0.338 e. The number of benzene rings is 1. The van der Waals surface area contributed by atoms with Crippen LogP contribution in [0, 0.1) is 11.8 Å². The van der Waals surface area contributed by atoms with Crippen molar-refractivity contribution < 1.29 is 48.0 Å². The Kier molecular flexibility index (Phi) is 11.5. The zero-order chi connectivity index (χ0) is 31.8. The molecule has 0 saturated carbocycles. The standard InChI is InChI=1S/C33H40O10/c1-18(2)15-28(40-21(5)34)31(41-22(6)35)26-17-39-33(42-23(7)36)29-20(4)30(37)27(16-19(3)13-14-25(26)29)43-32(38)24-11-9-8-10-12-24/h8-12,15-17,25,27-31,33,37H,4,13-14H2,1-3,5-7H3/b19-16+/t25-,27-,28-,29+,30+,31+,33+/m1/s1. The van der Waals surface area contributed by atoms with Crippen LogP contribution in [0.5, 0.6) is 0 Å². The number of aliphatic hydroxyl groups is 1. The van der Waals surface area contributed by atoms with Crippen LogP contribution in [-0.4, -0.2) is 59.7 Å². The zero-order valence-electron chi connectivity index (χ0n) is 25.4. The average Bonchev–Trinajstić information content (AvgIpc) is 2.96. The predicted molar refractivity (Wildman–Crippen MR) is 156 cm³/mol. The van der Waals surface area contributed by atoms with Gasteiger partial charge in [0.05, 0.1) is 17.7 Å². The van der Waals surface area contributed by atoms with Gasteiger partial charge in [-0.1, -0.05) is 35.9 Å². The molecule has 0 saturated heterocycles. The molecule has 43 heavy (non-hydrogen) atoms. The molecule has 0 aromatic heterocycles. The van der Waals surface area contributed by atoms with Crippen molar-refractivity contribution in [2.24, 2.45) is 11.8 Å². The summed E-state index contributed by atoms with van der Waals surface area (Å²) in [5.74, 6) is -3.85. The van der Waals surface area contributed by atoms with Gasteiger partial charge in [-0.3, -0.25) is 14.4 Å². The molecule has 1 aromatic carbocycles. The summed E-state index contributed by atoms with van der Waals surface area (Å²) in [4.78, 5) is 49.4. The fourth-order valence-electron chi connectivity index (χ4n) is 5.35. The third kappa shape index (κ3) is 8.90. The van der Waals surface area contributed by atoms with Crippen molar-refractivity contribution in [2.45, 2.75) is 85.1 Å². The van der Waals surface area contributed by atoms with Crippen molar-refractivity contribution in [1.29, 1.82) is 0 Å². The Labute approximate surface area is 252 Å². The van der Waals surface area contributed by atoms with Gasteiger partial charge in [-0.15, -0.1) is 0 Å². The van der Waals surface area contributed by atoms with E-state index in [2.05, 4.69) is 6.58 Å². The second-order valence-corrected chi connectivity index (χ2v) is 11.0. The van der Waals surface area contributed by atoms with Crippen molar-refractivity contribution >= 4 is 23.9 Å². The summed E-state index contributed by atoms with van der Waals surface area (Å²) in [6.45, 7) is 13.4. The fourth-order valence-corrected chi connectivity index (χ4v) is 5.35. The number of rotatable bonds is 8. The van der Waals surface area contributed by atoms with Gasteiger partial charge < -0.3 is 28.8 Å². The maximum absolute atomic E-state index is 13.0.